The fraction of sp³-hybridized carbons (Fsp3) is 0.532. The number of ether oxygens (including phenoxy) is 2. The van der Waals surface area contributed by atoms with Crippen molar-refractivity contribution >= 4 is 19.8 Å². The van der Waals surface area contributed by atoms with Crippen LogP contribution in [0.3, 0.4) is 0 Å². The Balaban J connectivity index is 4.43. The van der Waals surface area contributed by atoms with E-state index in [1.54, 1.807) is 0 Å². The van der Waals surface area contributed by atoms with E-state index in [-0.39, 0.29) is 32.6 Å². The van der Waals surface area contributed by atoms with E-state index in [1.165, 1.54) is 19.3 Å². The van der Waals surface area contributed by atoms with Crippen LogP contribution in [-0.2, 0) is 32.7 Å². The third-order valence-corrected chi connectivity index (χ3v) is 8.83. The van der Waals surface area contributed by atoms with Crippen molar-refractivity contribution in [1.29, 1.82) is 0 Å². The van der Waals surface area contributed by atoms with Crippen LogP contribution in [0.5, 0.6) is 0 Å². The van der Waals surface area contributed by atoms with E-state index >= 15 is 0 Å². The molecule has 0 heterocycles. The summed E-state index contributed by atoms with van der Waals surface area (Å²) >= 11 is 0. The van der Waals surface area contributed by atoms with E-state index in [0.717, 1.165) is 70.6 Å². The summed E-state index contributed by atoms with van der Waals surface area (Å²) in [5.41, 5.74) is 5.33. The highest BCUT2D eigenvalue weighted by molar-refractivity contribution is 7.47. The van der Waals surface area contributed by atoms with Crippen molar-refractivity contribution in [2.75, 3.05) is 26.4 Å². The number of hydrogen-bond acceptors (Lipinski definition) is 8. The van der Waals surface area contributed by atoms with Gasteiger partial charge in [0.05, 0.1) is 13.2 Å². The molecule has 0 aliphatic heterocycles. The minimum absolute atomic E-state index is 0.0274. The lowest BCUT2D eigenvalue weighted by atomic mass is 10.2. The Labute approximate surface area is 345 Å². The summed E-state index contributed by atoms with van der Waals surface area (Å²) < 4.78 is 32.6. The van der Waals surface area contributed by atoms with Gasteiger partial charge in [-0.25, -0.2) is 4.57 Å². The highest BCUT2D eigenvalue weighted by atomic mass is 31.2. The molecule has 0 saturated heterocycles. The Kier molecular flexibility index (Phi) is 39.4. The quantitative estimate of drug-likeness (QED) is 0.0272. The molecule has 0 radical (unpaired) electrons. The Morgan fingerprint density at radius 1 is 0.544 bits per heavy atom. The number of phosphoric acid groups is 1. The molecule has 0 aromatic carbocycles. The molecule has 0 aliphatic rings. The van der Waals surface area contributed by atoms with Crippen LogP contribution in [-0.4, -0.2) is 49.3 Å². The average molecular weight is 812 g/mol. The number of carbonyl (C=O) groups excluding carboxylic acids is 2. The molecule has 57 heavy (non-hydrogen) atoms. The second-order valence-electron chi connectivity index (χ2n) is 13.1. The molecule has 0 amide bonds. The van der Waals surface area contributed by atoms with E-state index in [4.69, 9.17) is 24.3 Å². The molecule has 9 nitrogen and oxygen atoms in total. The number of phosphoric ester groups is 1. The van der Waals surface area contributed by atoms with E-state index in [2.05, 4.69) is 117 Å². The average Bonchev–Trinajstić information content (AvgIpc) is 3.20. The van der Waals surface area contributed by atoms with Crippen LogP contribution < -0.4 is 5.73 Å². The van der Waals surface area contributed by atoms with Gasteiger partial charge in [0, 0.05) is 19.4 Å². The molecule has 0 rings (SSSR count). The van der Waals surface area contributed by atoms with Crippen LogP contribution in [0.1, 0.15) is 129 Å². The van der Waals surface area contributed by atoms with Gasteiger partial charge in [-0.3, -0.25) is 18.6 Å². The molecule has 0 spiro atoms. The van der Waals surface area contributed by atoms with Crippen LogP contribution in [0.15, 0.2) is 122 Å². The number of nitrogens with two attached hydrogens (primary N) is 1. The van der Waals surface area contributed by atoms with Crippen LogP contribution in [0.25, 0.3) is 0 Å². The maximum atomic E-state index is 12.5. The number of allylic oxidation sites excluding steroid dienone is 20. The molecule has 3 N–H and O–H groups in total. The molecule has 0 aliphatic carbocycles. The second-order valence-corrected chi connectivity index (χ2v) is 14.6. The number of rotatable bonds is 37. The largest absolute Gasteiger partial charge is 0.472 e. The fourth-order valence-corrected chi connectivity index (χ4v) is 5.53. The number of hydrogen-bond donors (Lipinski definition) is 2. The Hall–Kier alpha value is -3.59. The van der Waals surface area contributed by atoms with Crippen molar-refractivity contribution < 1.29 is 37.6 Å². The zero-order valence-corrected chi connectivity index (χ0v) is 35.9. The first-order valence-electron chi connectivity index (χ1n) is 21.0. The lowest BCUT2D eigenvalue weighted by molar-refractivity contribution is -0.161. The Bertz CT molecular complexity index is 1340. The summed E-state index contributed by atoms with van der Waals surface area (Å²) in [4.78, 5) is 34.8. The zero-order chi connectivity index (χ0) is 41.8. The molecular formula is C47H74NO8P. The van der Waals surface area contributed by atoms with Crippen molar-refractivity contribution in [3.8, 4) is 0 Å². The number of unbranched alkanes of at least 4 members (excludes halogenated alkanes) is 4. The van der Waals surface area contributed by atoms with Gasteiger partial charge in [-0.2, -0.15) is 0 Å². The van der Waals surface area contributed by atoms with E-state index < -0.39 is 32.5 Å². The smallest absolute Gasteiger partial charge is 0.462 e. The Morgan fingerprint density at radius 2 is 0.982 bits per heavy atom. The highest BCUT2D eigenvalue weighted by Crippen LogP contribution is 2.43. The van der Waals surface area contributed by atoms with Gasteiger partial charge in [-0.15, -0.1) is 0 Å². The third kappa shape index (κ3) is 41.9. The monoisotopic (exact) mass is 812 g/mol. The maximum Gasteiger partial charge on any atom is 0.472 e. The summed E-state index contributed by atoms with van der Waals surface area (Å²) in [5, 5.41) is 0. The molecule has 0 saturated carbocycles. The van der Waals surface area contributed by atoms with Gasteiger partial charge in [-0.05, 0) is 89.9 Å². The SMILES string of the molecule is CCC=CCC=CCC=CCC=CCC=CCC=CCCC(=O)O[C@H](COC(=O)CCCC=CCC=CCC=CCC=CCCCCC)COP(=O)(O)OCCN. The van der Waals surface area contributed by atoms with Crippen LogP contribution in [0, 0.1) is 0 Å². The van der Waals surface area contributed by atoms with E-state index in [1.807, 2.05) is 18.2 Å². The van der Waals surface area contributed by atoms with Gasteiger partial charge in [0.1, 0.15) is 6.61 Å². The first kappa shape index (κ1) is 53.4. The molecule has 0 aromatic rings. The Morgan fingerprint density at radius 3 is 1.44 bits per heavy atom. The van der Waals surface area contributed by atoms with Crippen LogP contribution in [0.2, 0.25) is 0 Å². The van der Waals surface area contributed by atoms with Crippen molar-refractivity contribution in [1.82, 2.24) is 0 Å². The molecule has 0 bridgehead atoms. The summed E-state index contributed by atoms with van der Waals surface area (Å²) in [6.45, 7) is 3.40. The molecule has 320 valence electrons. The zero-order valence-electron chi connectivity index (χ0n) is 35.0. The molecule has 0 aromatic heterocycles. The van der Waals surface area contributed by atoms with E-state index in [9.17, 15) is 19.0 Å². The summed E-state index contributed by atoms with van der Waals surface area (Å²) in [5.74, 6) is -1.01. The number of carbonyl (C=O) groups is 2. The van der Waals surface area contributed by atoms with Crippen molar-refractivity contribution in [3.63, 3.8) is 0 Å². The van der Waals surface area contributed by atoms with E-state index in [0.29, 0.717) is 12.8 Å². The summed E-state index contributed by atoms with van der Waals surface area (Å²) in [7, 11) is -4.42. The van der Waals surface area contributed by atoms with Gasteiger partial charge in [0.2, 0.25) is 0 Å². The van der Waals surface area contributed by atoms with Gasteiger partial charge in [0.15, 0.2) is 6.10 Å². The first-order valence-corrected chi connectivity index (χ1v) is 22.5. The van der Waals surface area contributed by atoms with Crippen molar-refractivity contribution in [3.05, 3.63) is 122 Å². The summed E-state index contributed by atoms with van der Waals surface area (Å²) in [6, 6.07) is 0. The predicted octanol–water partition coefficient (Wildman–Crippen LogP) is 12.2. The predicted molar refractivity (Wildman–Crippen MR) is 237 cm³/mol. The normalized spacial score (nSPS) is 14.5. The maximum absolute atomic E-state index is 12.5. The minimum atomic E-state index is -4.42. The van der Waals surface area contributed by atoms with Gasteiger partial charge < -0.3 is 20.1 Å². The third-order valence-electron chi connectivity index (χ3n) is 7.85. The molecule has 10 heteroatoms. The van der Waals surface area contributed by atoms with Gasteiger partial charge >= 0.3 is 19.8 Å². The molecule has 2 atom stereocenters. The van der Waals surface area contributed by atoms with Crippen molar-refractivity contribution in [2.45, 2.75) is 136 Å². The molecule has 0 fully saturated rings. The second kappa shape index (κ2) is 42.0. The topological polar surface area (TPSA) is 134 Å². The minimum Gasteiger partial charge on any atom is -0.462 e. The fourth-order valence-electron chi connectivity index (χ4n) is 4.77. The molecular weight excluding hydrogens is 737 g/mol. The number of esters is 2. The van der Waals surface area contributed by atoms with Crippen molar-refractivity contribution in [2.24, 2.45) is 5.73 Å². The van der Waals surface area contributed by atoms with Crippen LogP contribution in [0.4, 0.5) is 0 Å². The molecule has 1 unspecified atom stereocenters. The standard InChI is InChI=1S/C47H74NO8P/c1-3-5-7-9-11-13-15-17-19-21-22-24-26-28-30-32-34-36-38-40-47(50)56-45(44-55-57(51,52)54-42-41-48)43-53-46(49)39-37-35-33-31-29-27-25-23-20-18-16-14-12-10-8-6-4-2/h5,7,11-14,17-20,22,24-25,27-28,30-31,33-34,36,45H,3-4,6,8-10,15-16,21,23,26,29,32,35,37-44,48H2,1-2H3,(H,51,52)/t45-/m1/s1. The van der Waals surface area contributed by atoms with Gasteiger partial charge in [-0.1, -0.05) is 148 Å². The summed E-state index contributed by atoms with van der Waals surface area (Å²) in [6.07, 6.45) is 56.8. The lowest BCUT2D eigenvalue weighted by Gasteiger charge is -2.19. The highest BCUT2D eigenvalue weighted by Gasteiger charge is 2.25. The lowest BCUT2D eigenvalue weighted by Crippen LogP contribution is -2.29. The first-order chi connectivity index (χ1) is 27.8. The van der Waals surface area contributed by atoms with Crippen LogP contribution >= 0.6 is 7.82 Å². The van der Waals surface area contributed by atoms with Gasteiger partial charge in [0.25, 0.3) is 0 Å².